The quantitative estimate of drug-likeness (QED) is 0.0739. The van der Waals surface area contributed by atoms with Crippen LogP contribution in [0.25, 0.3) is 0 Å². The minimum absolute atomic E-state index is 0.0132. The monoisotopic (exact) mass is 813 g/mol. The van der Waals surface area contributed by atoms with Crippen molar-refractivity contribution in [2.45, 2.75) is 110 Å². The number of amides is 1. The van der Waals surface area contributed by atoms with E-state index >= 15 is 0 Å². The first-order valence-electron chi connectivity index (χ1n) is 18.7. The molecule has 0 aromatic heterocycles. The molecule has 1 unspecified atom stereocenters. The fourth-order valence-corrected chi connectivity index (χ4v) is 6.85. The van der Waals surface area contributed by atoms with Crippen LogP contribution >= 0.6 is 34.8 Å². The van der Waals surface area contributed by atoms with E-state index < -0.39 is 35.9 Å². The number of benzene rings is 3. The molecule has 1 atom stereocenters. The number of hydrogen-bond donors (Lipinski definition) is 2. The number of azo groups is 1. The third-order valence-corrected chi connectivity index (χ3v) is 9.80. The number of unbranched alkanes of at least 4 members (excludes halogenated alkanes) is 9. The topological polar surface area (TPSA) is 142 Å². The summed E-state index contributed by atoms with van der Waals surface area (Å²) in [6.07, 6.45) is 11.6. The van der Waals surface area contributed by atoms with Gasteiger partial charge in [-0.25, -0.2) is 19.6 Å². The molecule has 3 aromatic carbocycles. The Morgan fingerprint density at radius 1 is 0.855 bits per heavy atom. The smallest absolute Gasteiger partial charge is 0.344 e. The van der Waals surface area contributed by atoms with Crippen molar-refractivity contribution in [1.29, 1.82) is 0 Å². The number of esters is 2. The van der Waals surface area contributed by atoms with Gasteiger partial charge in [0.05, 0.1) is 38.6 Å². The molecule has 0 bridgehead atoms. The highest BCUT2D eigenvalue weighted by Crippen LogP contribution is 2.38. The molecular formula is C41H50Cl3N5O6. The van der Waals surface area contributed by atoms with Crippen LogP contribution in [0.15, 0.2) is 63.8 Å². The minimum Gasteiger partial charge on any atom is -0.508 e. The number of carbonyl (C=O) groups excluding carboxylic acids is 3. The second kappa shape index (κ2) is 20.6. The number of ether oxygens (including phenoxy) is 2. The number of phenolic OH excluding ortho intramolecular Hbond substituents is 1. The lowest BCUT2D eigenvalue weighted by molar-refractivity contribution is -0.147. The summed E-state index contributed by atoms with van der Waals surface area (Å²) in [6, 6.07) is 11.0. The molecule has 0 aliphatic carbocycles. The maximum absolute atomic E-state index is 13.9. The predicted octanol–water partition coefficient (Wildman–Crippen LogP) is 11.3. The molecule has 1 heterocycles. The van der Waals surface area contributed by atoms with Crippen molar-refractivity contribution in [3.63, 3.8) is 0 Å². The second-order valence-electron chi connectivity index (χ2n) is 14.6. The van der Waals surface area contributed by atoms with Crippen molar-refractivity contribution >= 4 is 75.5 Å². The van der Waals surface area contributed by atoms with Crippen molar-refractivity contribution in [3.8, 4) is 5.75 Å². The normalized spacial score (nSPS) is 15.2. The molecule has 296 valence electrons. The standard InChI is InChI=1S/C41H50Cl3N5O6/c1-6-7-8-9-10-11-12-13-14-15-20-54-35(51)25-55-40(53)27-16-18-30(42)33(23-27)45-38-36(47-46-28-17-19-34(50)29(24-28)41(3,4)5)39(52)49(48-38)37-31(43)21-26(2)22-32(37)44/h16-19,21-24,36,50H,6-15,20,25H2,1-5H3,(H,45,48). The van der Waals surface area contributed by atoms with Gasteiger partial charge in [0.2, 0.25) is 6.04 Å². The lowest BCUT2D eigenvalue weighted by Gasteiger charge is -2.20. The molecule has 4 rings (SSSR count). The number of nitrogens with one attached hydrogen (secondary N) is 1. The Labute approximate surface area is 338 Å². The zero-order valence-electron chi connectivity index (χ0n) is 32.1. The van der Waals surface area contributed by atoms with Crippen molar-refractivity contribution in [2.24, 2.45) is 15.2 Å². The van der Waals surface area contributed by atoms with Gasteiger partial charge in [-0.2, -0.15) is 10.2 Å². The van der Waals surface area contributed by atoms with E-state index in [0.29, 0.717) is 11.3 Å². The number of anilines is 1. The van der Waals surface area contributed by atoms with E-state index in [1.165, 1.54) is 69.2 Å². The van der Waals surface area contributed by atoms with Crippen LogP contribution in [0.4, 0.5) is 17.1 Å². The van der Waals surface area contributed by atoms with Crippen LogP contribution in [0.2, 0.25) is 15.1 Å². The average Bonchev–Trinajstić information content (AvgIpc) is 3.42. The summed E-state index contributed by atoms with van der Waals surface area (Å²) in [5.74, 6) is -1.90. The molecule has 0 spiro atoms. The van der Waals surface area contributed by atoms with Gasteiger partial charge < -0.3 is 14.6 Å². The first kappa shape index (κ1) is 43.5. The number of hydrogen-bond acceptors (Lipinski definition) is 9. The lowest BCUT2D eigenvalue weighted by atomic mass is 9.86. The van der Waals surface area contributed by atoms with E-state index in [9.17, 15) is 19.5 Å². The third kappa shape index (κ3) is 12.7. The van der Waals surface area contributed by atoms with Gasteiger partial charge in [-0.15, -0.1) is 0 Å². The number of hydrazine groups is 1. The highest BCUT2D eigenvalue weighted by Gasteiger charge is 2.41. The third-order valence-electron chi connectivity index (χ3n) is 8.91. The van der Waals surface area contributed by atoms with Gasteiger partial charge in [-0.1, -0.05) is 120 Å². The van der Waals surface area contributed by atoms with Gasteiger partial charge in [0.15, 0.2) is 12.4 Å². The summed E-state index contributed by atoms with van der Waals surface area (Å²) in [5, 5.41) is 20.8. The Bertz CT molecular complexity index is 1870. The van der Waals surface area contributed by atoms with E-state index in [0.717, 1.165) is 29.8 Å². The van der Waals surface area contributed by atoms with Crippen molar-refractivity contribution in [1.82, 2.24) is 5.43 Å². The molecule has 1 fully saturated rings. The first-order valence-corrected chi connectivity index (χ1v) is 19.8. The Hall–Kier alpha value is -4.19. The van der Waals surface area contributed by atoms with E-state index in [2.05, 4.69) is 27.6 Å². The van der Waals surface area contributed by atoms with Gasteiger partial charge >= 0.3 is 11.9 Å². The zero-order chi connectivity index (χ0) is 40.1. The SMILES string of the molecule is CCCCCCCCCCCCOC(=O)COC(=O)c1ccc(Cl)c(N=C2NN(c3c(Cl)cc(C)cc3Cl)C(=O)C2N=Nc2ccc(O)c(C(C)(C)C)c2)c1. The Kier molecular flexibility index (Phi) is 16.3. The number of amidine groups is 1. The van der Waals surface area contributed by atoms with Crippen LogP contribution in [0.1, 0.15) is 113 Å². The van der Waals surface area contributed by atoms with Crippen LogP contribution < -0.4 is 10.4 Å². The number of aryl methyl sites for hydroxylation is 1. The predicted molar refractivity (Wildman–Crippen MR) is 219 cm³/mol. The number of nitrogens with zero attached hydrogens (tertiary/aromatic N) is 4. The Morgan fingerprint density at radius 3 is 2.13 bits per heavy atom. The second-order valence-corrected chi connectivity index (χ2v) is 15.8. The van der Waals surface area contributed by atoms with E-state index in [4.69, 9.17) is 44.3 Å². The molecular weight excluding hydrogens is 765 g/mol. The van der Waals surface area contributed by atoms with Crippen LogP contribution in [-0.2, 0) is 24.5 Å². The van der Waals surface area contributed by atoms with Crippen LogP contribution in [0, 0.1) is 6.92 Å². The number of halogens is 3. The summed E-state index contributed by atoms with van der Waals surface area (Å²) in [6.45, 7) is 9.59. The Balaban J connectivity index is 1.46. The van der Waals surface area contributed by atoms with Crippen LogP contribution in [-0.4, -0.2) is 48.0 Å². The van der Waals surface area contributed by atoms with Gasteiger partial charge in [0, 0.05) is 5.56 Å². The van der Waals surface area contributed by atoms with Crippen molar-refractivity contribution in [3.05, 3.63) is 80.3 Å². The molecule has 0 saturated carbocycles. The maximum atomic E-state index is 13.9. The summed E-state index contributed by atoms with van der Waals surface area (Å²) in [7, 11) is 0. The summed E-state index contributed by atoms with van der Waals surface area (Å²) < 4.78 is 10.5. The van der Waals surface area contributed by atoms with Gasteiger partial charge in [-0.3, -0.25) is 10.2 Å². The van der Waals surface area contributed by atoms with Gasteiger partial charge in [0.1, 0.15) is 11.4 Å². The average molecular weight is 815 g/mol. The number of carbonyl (C=O) groups is 3. The van der Waals surface area contributed by atoms with Crippen molar-refractivity contribution < 1.29 is 29.0 Å². The van der Waals surface area contributed by atoms with E-state index in [1.807, 2.05) is 27.7 Å². The van der Waals surface area contributed by atoms with E-state index in [-0.39, 0.29) is 50.2 Å². The molecule has 11 nitrogen and oxygen atoms in total. The molecule has 1 saturated heterocycles. The number of aromatic hydroxyl groups is 1. The summed E-state index contributed by atoms with van der Waals surface area (Å²) in [5.41, 5.74) is 4.73. The molecule has 1 amide bonds. The molecule has 14 heteroatoms. The maximum Gasteiger partial charge on any atom is 0.344 e. The minimum atomic E-state index is -1.31. The zero-order valence-corrected chi connectivity index (χ0v) is 34.4. The number of rotatable bonds is 18. The van der Waals surface area contributed by atoms with E-state index in [1.54, 1.807) is 24.3 Å². The van der Waals surface area contributed by atoms with Crippen LogP contribution in [0.5, 0.6) is 5.75 Å². The van der Waals surface area contributed by atoms with Gasteiger partial charge in [-0.05, 0) is 72.9 Å². The number of aliphatic imine (C=N–C) groups is 1. The molecule has 0 radical (unpaired) electrons. The molecule has 55 heavy (non-hydrogen) atoms. The molecule has 2 N–H and O–H groups in total. The Morgan fingerprint density at radius 2 is 1.49 bits per heavy atom. The molecule has 3 aromatic rings. The summed E-state index contributed by atoms with van der Waals surface area (Å²) in [4.78, 5) is 43.8. The lowest BCUT2D eigenvalue weighted by Crippen LogP contribution is -2.36. The molecule has 1 aliphatic rings. The van der Waals surface area contributed by atoms with Crippen molar-refractivity contribution in [2.75, 3.05) is 18.2 Å². The van der Waals surface area contributed by atoms with Gasteiger partial charge in [0.25, 0.3) is 5.91 Å². The highest BCUT2D eigenvalue weighted by atomic mass is 35.5. The fraction of sp³-hybridized carbons (Fsp3) is 0.463. The number of phenols is 1. The molecule has 1 aliphatic heterocycles. The largest absolute Gasteiger partial charge is 0.508 e. The highest BCUT2D eigenvalue weighted by molar-refractivity contribution is 6.41. The fourth-order valence-electron chi connectivity index (χ4n) is 5.92. The summed E-state index contributed by atoms with van der Waals surface area (Å²) >= 11 is 19.6. The van der Waals surface area contributed by atoms with Crippen LogP contribution in [0.3, 0.4) is 0 Å². The first-order chi connectivity index (χ1) is 26.2.